The van der Waals surface area contributed by atoms with Crippen LogP contribution in [0.1, 0.15) is 49.8 Å². The molecule has 2 heterocycles. The largest absolute Gasteiger partial charge is 0.385 e. The number of hydrogen-bond donors (Lipinski definition) is 2. The van der Waals surface area contributed by atoms with Gasteiger partial charge >= 0.3 is 0 Å². The molecular weight excluding hydrogens is 368 g/mol. The van der Waals surface area contributed by atoms with Gasteiger partial charge in [-0.05, 0) is 61.4 Å². The molecule has 0 bridgehead atoms. The zero-order valence-electron chi connectivity index (χ0n) is 17.7. The number of rotatable bonds is 9. The summed E-state index contributed by atoms with van der Waals surface area (Å²) in [6.07, 6.45) is 9.06. The van der Waals surface area contributed by atoms with Crippen molar-refractivity contribution in [2.45, 2.75) is 51.5 Å². The van der Waals surface area contributed by atoms with Crippen LogP contribution in [0.3, 0.4) is 0 Å². The van der Waals surface area contributed by atoms with Gasteiger partial charge in [-0.15, -0.1) is 11.3 Å². The average molecular weight is 407 g/mol. The van der Waals surface area contributed by atoms with Crippen LogP contribution in [0.4, 0.5) is 0 Å². The van der Waals surface area contributed by atoms with Crippen LogP contribution in [0.15, 0.2) is 22.5 Å². The highest BCUT2D eigenvalue weighted by molar-refractivity contribution is 7.09. The average Bonchev–Trinajstić information content (AvgIpc) is 3.40. The highest BCUT2D eigenvalue weighted by atomic mass is 32.1. The first-order valence-electron chi connectivity index (χ1n) is 10.9. The van der Waals surface area contributed by atoms with Crippen molar-refractivity contribution >= 4 is 17.3 Å². The summed E-state index contributed by atoms with van der Waals surface area (Å²) in [6.45, 7) is 6.37. The summed E-state index contributed by atoms with van der Waals surface area (Å²) < 4.78 is 5.36. The number of nitrogens with one attached hydrogen (secondary N) is 2. The quantitative estimate of drug-likeness (QED) is 0.485. The molecule has 2 aliphatic rings. The van der Waals surface area contributed by atoms with Crippen molar-refractivity contribution in [3.63, 3.8) is 0 Å². The number of ether oxygens (including phenoxy) is 1. The monoisotopic (exact) mass is 406 g/mol. The van der Waals surface area contributed by atoms with Crippen molar-refractivity contribution in [2.75, 3.05) is 46.9 Å². The Labute approximate surface area is 174 Å². The molecule has 5 nitrogen and oxygen atoms in total. The molecule has 1 atom stereocenters. The minimum atomic E-state index is 0.385. The van der Waals surface area contributed by atoms with Crippen molar-refractivity contribution in [2.24, 2.45) is 16.3 Å². The Bertz CT molecular complexity index is 583. The lowest BCUT2D eigenvalue weighted by Crippen LogP contribution is -2.46. The van der Waals surface area contributed by atoms with Gasteiger partial charge in [-0.25, -0.2) is 0 Å². The third-order valence-electron chi connectivity index (χ3n) is 6.48. The van der Waals surface area contributed by atoms with Crippen molar-refractivity contribution in [1.29, 1.82) is 0 Å². The second kappa shape index (κ2) is 11.2. The van der Waals surface area contributed by atoms with Gasteiger partial charge in [0.25, 0.3) is 0 Å². The topological polar surface area (TPSA) is 48.9 Å². The van der Waals surface area contributed by atoms with Gasteiger partial charge in [0.05, 0.1) is 0 Å². The number of nitrogens with zero attached hydrogens (tertiary/aromatic N) is 2. The maximum absolute atomic E-state index is 5.36. The van der Waals surface area contributed by atoms with Crippen LogP contribution >= 0.6 is 11.3 Å². The van der Waals surface area contributed by atoms with Gasteiger partial charge in [-0.2, -0.15) is 0 Å². The van der Waals surface area contributed by atoms with Gasteiger partial charge in [0.1, 0.15) is 0 Å². The standard InChI is InChI=1S/C22H38N4OS/c1-23-21(25-18-22(11-13-27-2)9-3-4-10-22)24-15-19-7-5-12-26(16-19)17-20-8-6-14-28-20/h6,8,14,19H,3-5,7,9-13,15-18H2,1-2H3,(H2,23,24,25). The van der Waals surface area contributed by atoms with E-state index in [0.717, 1.165) is 38.6 Å². The second-order valence-electron chi connectivity index (χ2n) is 8.58. The molecule has 1 unspecified atom stereocenters. The van der Waals surface area contributed by atoms with Crippen LogP contribution in [-0.2, 0) is 11.3 Å². The SMILES string of the molecule is CN=C(NCC1CCCN(Cc2cccs2)C1)NCC1(CCOC)CCCC1. The lowest BCUT2D eigenvalue weighted by Gasteiger charge is -2.33. The van der Waals surface area contributed by atoms with Crippen LogP contribution in [0, 0.1) is 11.3 Å². The van der Waals surface area contributed by atoms with Gasteiger partial charge in [0, 0.05) is 51.8 Å². The first-order valence-corrected chi connectivity index (χ1v) is 11.8. The Morgan fingerprint density at radius 1 is 1.32 bits per heavy atom. The molecule has 1 aromatic rings. The molecule has 1 aliphatic carbocycles. The molecular formula is C22H38N4OS. The highest BCUT2D eigenvalue weighted by Gasteiger charge is 2.33. The van der Waals surface area contributed by atoms with Crippen molar-refractivity contribution in [1.82, 2.24) is 15.5 Å². The Balaban J connectivity index is 1.42. The Morgan fingerprint density at radius 3 is 2.89 bits per heavy atom. The third kappa shape index (κ3) is 6.46. The van der Waals surface area contributed by atoms with Crippen molar-refractivity contribution in [3.8, 4) is 0 Å². The number of methoxy groups -OCH3 is 1. The molecule has 1 aromatic heterocycles. The van der Waals surface area contributed by atoms with Crippen molar-refractivity contribution in [3.05, 3.63) is 22.4 Å². The minimum absolute atomic E-state index is 0.385. The van der Waals surface area contributed by atoms with Crippen LogP contribution in [-0.4, -0.2) is 57.8 Å². The zero-order chi connectivity index (χ0) is 19.7. The lowest BCUT2D eigenvalue weighted by molar-refractivity contribution is 0.138. The summed E-state index contributed by atoms with van der Waals surface area (Å²) in [4.78, 5) is 8.56. The predicted molar refractivity (Wildman–Crippen MR) is 119 cm³/mol. The molecule has 6 heteroatoms. The van der Waals surface area contributed by atoms with Gasteiger partial charge < -0.3 is 15.4 Å². The van der Waals surface area contributed by atoms with E-state index in [2.05, 4.69) is 38.0 Å². The molecule has 1 aliphatic heterocycles. The molecule has 1 saturated heterocycles. The van der Waals surface area contributed by atoms with Gasteiger partial charge in [-0.3, -0.25) is 9.89 Å². The summed E-state index contributed by atoms with van der Waals surface area (Å²) in [5, 5.41) is 9.40. The Kier molecular flexibility index (Phi) is 8.62. The first kappa shape index (κ1) is 21.6. The summed E-state index contributed by atoms with van der Waals surface area (Å²) in [5.41, 5.74) is 0.385. The van der Waals surface area contributed by atoms with E-state index in [-0.39, 0.29) is 0 Å². The Hall–Kier alpha value is -1.11. The molecule has 2 fully saturated rings. The minimum Gasteiger partial charge on any atom is -0.385 e. The number of aliphatic imine (C=N–C) groups is 1. The molecule has 158 valence electrons. The predicted octanol–water partition coefficient (Wildman–Crippen LogP) is 3.72. The van der Waals surface area contributed by atoms with E-state index in [1.807, 2.05) is 25.5 Å². The van der Waals surface area contributed by atoms with E-state index in [1.165, 1.54) is 56.5 Å². The van der Waals surface area contributed by atoms with Gasteiger partial charge in [-0.1, -0.05) is 18.9 Å². The maximum atomic E-state index is 5.36. The molecule has 3 rings (SSSR count). The van der Waals surface area contributed by atoms with E-state index < -0.39 is 0 Å². The van der Waals surface area contributed by atoms with Crippen molar-refractivity contribution < 1.29 is 4.74 Å². The fourth-order valence-corrected chi connectivity index (χ4v) is 5.52. The summed E-state index contributed by atoms with van der Waals surface area (Å²) in [7, 11) is 3.69. The smallest absolute Gasteiger partial charge is 0.191 e. The van der Waals surface area contributed by atoms with Gasteiger partial charge in [0.2, 0.25) is 0 Å². The second-order valence-corrected chi connectivity index (χ2v) is 9.61. The van der Waals surface area contributed by atoms with Gasteiger partial charge in [0.15, 0.2) is 5.96 Å². The van der Waals surface area contributed by atoms with Crippen LogP contribution < -0.4 is 10.6 Å². The summed E-state index contributed by atoms with van der Waals surface area (Å²) >= 11 is 1.87. The van der Waals surface area contributed by atoms with E-state index >= 15 is 0 Å². The van der Waals surface area contributed by atoms with E-state index in [9.17, 15) is 0 Å². The van der Waals surface area contributed by atoms with Crippen LogP contribution in [0.2, 0.25) is 0 Å². The molecule has 0 radical (unpaired) electrons. The number of guanidine groups is 1. The fourth-order valence-electron chi connectivity index (χ4n) is 4.78. The molecule has 2 N–H and O–H groups in total. The number of likely N-dealkylation sites (tertiary alicyclic amines) is 1. The fraction of sp³-hybridized carbons (Fsp3) is 0.773. The molecule has 28 heavy (non-hydrogen) atoms. The third-order valence-corrected chi connectivity index (χ3v) is 7.34. The van der Waals surface area contributed by atoms with E-state index in [0.29, 0.717) is 11.3 Å². The number of piperidine rings is 1. The Morgan fingerprint density at radius 2 is 2.18 bits per heavy atom. The summed E-state index contributed by atoms with van der Waals surface area (Å²) in [6, 6.07) is 4.41. The maximum Gasteiger partial charge on any atom is 0.191 e. The molecule has 1 saturated carbocycles. The number of thiophene rings is 1. The van der Waals surface area contributed by atoms with Crippen LogP contribution in [0.25, 0.3) is 0 Å². The first-order chi connectivity index (χ1) is 13.7. The normalized spacial score (nSPS) is 23.1. The number of hydrogen-bond acceptors (Lipinski definition) is 4. The van der Waals surface area contributed by atoms with E-state index in [4.69, 9.17) is 4.74 Å². The van der Waals surface area contributed by atoms with Crippen LogP contribution in [0.5, 0.6) is 0 Å². The highest BCUT2D eigenvalue weighted by Crippen LogP contribution is 2.40. The molecule has 0 aromatic carbocycles. The summed E-state index contributed by atoms with van der Waals surface area (Å²) in [5.74, 6) is 1.65. The lowest BCUT2D eigenvalue weighted by atomic mass is 9.83. The zero-order valence-corrected chi connectivity index (χ0v) is 18.5. The molecule has 0 spiro atoms. The van der Waals surface area contributed by atoms with E-state index in [1.54, 1.807) is 0 Å². The molecule has 0 amide bonds.